The van der Waals surface area contributed by atoms with Crippen molar-refractivity contribution in [1.29, 1.82) is 0 Å². The zero-order valence-corrected chi connectivity index (χ0v) is 11.6. The van der Waals surface area contributed by atoms with Crippen LogP contribution in [0.3, 0.4) is 0 Å². The van der Waals surface area contributed by atoms with Gasteiger partial charge in [0.25, 0.3) is 5.91 Å². The maximum absolute atomic E-state index is 12.2. The van der Waals surface area contributed by atoms with E-state index in [0.29, 0.717) is 47.5 Å². The molecule has 1 aromatic heterocycles. The van der Waals surface area contributed by atoms with Gasteiger partial charge in [-0.1, -0.05) is 0 Å². The summed E-state index contributed by atoms with van der Waals surface area (Å²) < 4.78 is 10.9. The van der Waals surface area contributed by atoms with Crippen LogP contribution in [-0.2, 0) is 0 Å². The minimum atomic E-state index is -0.246. The number of nitrogen functional groups attached to an aromatic ring is 1. The van der Waals surface area contributed by atoms with E-state index in [9.17, 15) is 4.79 Å². The second-order valence-electron chi connectivity index (χ2n) is 4.73. The molecule has 21 heavy (non-hydrogen) atoms. The van der Waals surface area contributed by atoms with Crippen LogP contribution in [0.1, 0.15) is 16.1 Å². The smallest absolute Gasteiger partial charge is 0.255 e. The Balaban J connectivity index is 1.81. The van der Waals surface area contributed by atoms with Crippen molar-refractivity contribution in [2.24, 2.45) is 0 Å². The van der Waals surface area contributed by atoms with E-state index in [1.165, 1.54) is 0 Å². The first-order valence-corrected chi connectivity index (χ1v) is 6.57. The molecule has 0 fully saturated rings. The van der Waals surface area contributed by atoms with Crippen molar-refractivity contribution in [3.05, 3.63) is 41.6 Å². The molecule has 6 nitrogen and oxygen atoms in total. The second-order valence-corrected chi connectivity index (χ2v) is 4.73. The number of benzene rings is 1. The molecular weight excluding hydrogens is 270 g/mol. The maximum atomic E-state index is 12.2. The molecule has 0 radical (unpaired) electrons. The minimum absolute atomic E-state index is 0.246. The number of anilines is 2. The predicted molar refractivity (Wildman–Crippen MR) is 78.8 cm³/mol. The number of aromatic nitrogens is 1. The van der Waals surface area contributed by atoms with Crippen LogP contribution in [0.25, 0.3) is 0 Å². The van der Waals surface area contributed by atoms with Gasteiger partial charge in [-0.25, -0.2) is 4.98 Å². The average Bonchev–Trinajstić information content (AvgIpc) is 2.46. The number of amides is 1. The van der Waals surface area contributed by atoms with Gasteiger partial charge in [0.1, 0.15) is 19.0 Å². The van der Waals surface area contributed by atoms with E-state index in [1.807, 2.05) is 0 Å². The molecule has 0 aliphatic carbocycles. The molecule has 1 aromatic carbocycles. The van der Waals surface area contributed by atoms with Crippen LogP contribution in [0.4, 0.5) is 11.5 Å². The molecular formula is C15H15N3O3. The maximum Gasteiger partial charge on any atom is 0.255 e. The third kappa shape index (κ3) is 2.89. The Morgan fingerprint density at radius 2 is 1.95 bits per heavy atom. The van der Waals surface area contributed by atoms with Gasteiger partial charge in [0.05, 0.1) is 0 Å². The summed E-state index contributed by atoms with van der Waals surface area (Å²) in [6, 6.07) is 8.51. The fourth-order valence-electron chi connectivity index (χ4n) is 2.15. The summed E-state index contributed by atoms with van der Waals surface area (Å²) in [5.74, 6) is 1.39. The highest BCUT2D eigenvalue weighted by molar-refractivity contribution is 6.04. The number of nitrogens with one attached hydrogen (secondary N) is 1. The quantitative estimate of drug-likeness (QED) is 0.881. The van der Waals surface area contributed by atoms with Crippen LogP contribution >= 0.6 is 0 Å². The van der Waals surface area contributed by atoms with Gasteiger partial charge in [-0.15, -0.1) is 0 Å². The Hall–Kier alpha value is -2.76. The second kappa shape index (κ2) is 5.32. The number of rotatable bonds is 2. The van der Waals surface area contributed by atoms with Crippen molar-refractivity contribution in [2.75, 3.05) is 24.3 Å². The summed E-state index contributed by atoms with van der Waals surface area (Å²) in [5.41, 5.74) is 7.45. The standard InChI is InChI=1S/C15H15N3O3/c1-9-6-10(7-14(16)17-9)15(19)18-11-2-3-12-13(8-11)21-5-4-20-12/h2-3,6-8H,4-5H2,1H3,(H2,16,17)(H,18,19). The molecule has 1 aliphatic rings. The van der Waals surface area contributed by atoms with Crippen LogP contribution in [-0.4, -0.2) is 24.1 Å². The SMILES string of the molecule is Cc1cc(C(=O)Nc2ccc3c(c2)OCCO3)cc(N)n1. The minimum Gasteiger partial charge on any atom is -0.486 e. The molecule has 0 saturated heterocycles. The normalized spacial score (nSPS) is 12.8. The van der Waals surface area contributed by atoms with Gasteiger partial charge >= 0.3 is 0 Å². The Morgan fingerprint density at radius 3 is 2.71 bits per heavy atom. The lowest BCUT2D eigenvalue weighted by atomic mass is 10.2. The summed E-state index contributed by atoms with van der Waals surface area (Å²) in [5, 5.41) is 2.80. The van der Waals surface area contributed by atoms with Gasteiger partial charge in [0, 0.05) is 23.0 Å². The molecule has 108 valence electrons. The third-order valence-corrected chi connectivity index (χ3v) is 3.04. The van der Waals surface area contributed by atoms with Gasteiger partial charge in [0.2, 0.25) is 0 Å². The Morgan fingerprint density at radius 1 is 1.19 bits per heavy atom. The van der Waals surface area contributed by atoms with E-state index < -0.39 is 0 Å². The lowest BCUT2D eigenvalue weighted by Gasteiger charge is -2.19. The van der Waals surface area contributed by atoms with Crippen molar-refractivity contribution in [1.82, 2.24) is 4.98 Å². The largest absolute Gasteiger partial charge is 0.486 e. The Labute approximate surface area is 121 Å². The van der Waals surface area contributed by atoms with Crippen LogP contribution in [0.15, 0.2) is 30.3 Å². The van der Waals surface area contributed by atoms with Gasteiger partial charge in [-0.3, -0.25) is 4.79 Å². The van der Waals surface area contributed by atoms with E-state index >= 15 is 0 Å². The topological polar surface area (TPSA) is 86.5 Å². The molecule has 0 unspecified atom stereocenters. The third-order valence-electron chi connectivity index (χ3n) is 3.04. The molecule has 2 aromatic rings. The summed E-state index contributed by atoms with van der Waals surface area (Å²) in [4.78, 5) is 16.3. The number of ether oxygens (including phenoxy) is 2. The lowest BCUT2D eigenvalue weighted by molar-refractivity contribution is 0.102. The zero-order chi connectivity index (χ0) is 14.8. The monoisotopic (exact) mass is 285 g/mol. The van der Waals surface area contributed by atoms with Crippen molar-refractivity contribution >= 4 is 17.4 Å². The molecule has 2 heterocycles. The summed E-state index contributed by atoms with van der Waals surface area (Å²) in [6.45, 7) is 2.83. The molecule has 0 bridgehead atoms. The van der Waals surface area contributed by atoms with Crippen molar-refractivity contribution < 1.29 is 14.3 Å². The number of aryl methyl sites for hydroxylation is 1. The van der Waals surface area contributed by atoms with Gasteiger partial charge in [-0.2, -0.15) is 0 Å². The lowest BCUT2D eigenvalue weighted by Crippen LogP contribution is -2.16. The van der Waals surface area contributed by atoms with E-state index in [0.717, 1.165) is 0 Å². The van der Waals surface area contributed by atoms with Crippen LogP contribution in [0.5, 0.6) is 11.5 Å². The molecule has 0 saturated carbocycles. The van der Waals surface area contributed by atoms with Crippen LogP contribution in [0.2, 0.25) is 0 Å². The number of nitrogens with zero attached hydrogens (tertiary/aromatic N) is 1. The van der Waals surface area contributed by atoms with Crippen molar-refractivity contribution in [3.8, 4) is 11.5 Å². The van der Waals surface area contributed by atoms with Gasteiger partial charge < -0.3 is 20.5 Å². The van der Waals surface area contributed by atoms with Gasteiger partial charge in [-0.05, 0) is 31.2 Å². The van der Waals surface area contributed by atoms with E-state index in [-0.39, 0.29) is 5.91 Å². The molecule has 0 spiro atoms. The number of carbonyl (C=O) groups is 1. The number of carbonyl (C=O) groups excluding carboxylic acids is 1. The van der Waals surface area contributed by atoms with Crippen LogP contribution < -0.4 is 20.5 Å². The summed E-state index contributed by atoms with van der Waals surface area (Å²) >= 11 is 0. The fourth-order valence-corrected chi connectivity index (χ4v) is 2.15. The molecule has 0 atom stereocenters. The predicted octanol–water partition coefficient (Wildman–Crippen LogP) is 2.00. The average molecular weight is 285 g/mol. The number of nitrogens with two attached hydrogens (primary N) is 1. The highest BCUT2D eigenvalue weighted by Crippen LogP contribution is 2.32. The van der Waals surface area contributed by atoms with Crippen molar-refractivity contribution in [2.45, 2.75) is 6.92 Å². The Bertz CT molecular complexity index is 680. The van der Waals surface area contributed by atoms with Crippen LogP contribution in [0, 0.1) is 6.92 Å². The molecule has 3 rings (SSSR count). The molecule has 3 N–H and O–H groups in total. The van der Waals surface area contributed by atoms with Gasteiger partial charge in [0.15, 0.2) is 11.5 Å². The Kier molecular flexibility index (Phi) is 3.35. The number of hydrogen-bond acceptors (Lipinski definition) is 5. The highest BCUT2D eigenvalue weighted by atomic mass is 16.6. The summed E-state index contributed by atoms with van der Waals surface area (Å²) in [6.07, 6.45) is 0. The molecule has 1 aliphatic heterocycles. The molecule has 1 amide bonds. The number of hydrogen-bond donors (Lipinski definition) is 2. The first-order chi connectivity index (χ1) is 10.1. The number of pyridine rings is 1. The fraction of sp³-hybridized carbons (Fsp3) is 0.200. The first kappa shape index (κ1) is 13.2. The van der Waals surface area contributed by atoms with E-state index in [4.69, 9.17) is 15.2 Å². The highest BCUT2D eigenvalue weighted by Gasteiger charge is 2.14. The zero-order valence-electron chi connectivity index (χ0n) is 11.6. The molecule has 6 heteroatoms. The summed E-state index contributed by atoms with van der Waals surface area (Å²) in [7, 11) is 0. The van der Waals surface area contributed by atoms with E-state index in [1.54, 1.807) is 37.3 Å². The van der Waals surface area contributed by atoms with E-state index in [2.05, 4.69) is 10.3 Å². The van der Waals surface area contributed by atoms with Crippen molar-refractivity contribution in [3.63, 3.8) is 0 Å². The first-order valence-electron chi connectivity index (χ1n) is 6.57. The number of fused-ring (bicyclic) bond motifs is 1.